The zero-order valence-corrected chi connectivity index (χ0v) is 19.6. The summed E-state index contributed by atoms with van der Waals surface area (Å²) in [6, 6.07) is 12.3. The number of nitrogens with one attached hydrogen (secondary N) is 1. The van der Waals surface area contributed by atoms with Crippen LogP contribution < -0.4 is 10.1 Å². The summed E-state index contributed by atoms with van der Waals surface area (Å²) in [5, 5.41) is 4.02. The number of rotatable bonds is 8. The molecule has 168 valence electrons. The quantitative estimate of drug-likeness (QED) is 0.573. The van der Waals surface area contributed by atoms with Gasteiger partial charge in [0, 0.05) is 29.1 Å². The average Bonchev–Trinajstić information content (AvgIpc) is 2.73. The van der Waals surface area contributed by atoms with Gasteiger partial charge in [0.2, 0.25) is 15.9 Å². The van der Waals surface area contributed by atoms with E-state index in [4.69, 9.17) is 27.9 Å². The molecule has 0 spiro atoms. The molecule has 0 aliphatic carbocycles. The molecular formula is C22H26Cl2N2O4S. The second-order valence-corrected chi connectivity index (χ2v) is 10.4. The Labute approximate surface area is 193 Å². The van der Waals surface area contributed by atoms with Crippen LogP contribution in [0.15, 0.2) is 42.5 Å². The average molecular weight is 485 g/mol. The lowest BCUT2D eigenvalue weighted by atomic mass is 9.97. The molecule has 1 aliphatic rings. The number of piperidine rings is 1. The van der Waals surface area contributed by atoms with Gasteiger partial charge in [-0.25, -0.2) is 12.7 Å². The summed E-state index contributed by atoms with van der Waals surface area (Å²) in [5.74, 6) is 0.289. The molecule has 1 amide bonds. The van der Waals surface area contributed by atoms with E-state index in [0.29, 0.717) is 60.4 Å². The number of carbonyl (C=O) groups excluding carboxylic acids is 1. The van der Waals surface area contributed by atoms with Crippen molar-refractivity contribution in [3.8, 4) is 5.75 Å². The number of amides is 1. The Hall–Kier alpha value is -1.80. The molecule has 1 aliphatic heterocycles. The highest BCUT2D eigenvalue weighted by Gasteiger charge is 2.31. The first-order valence-corrected chi connectivity index (χ1v) is 12.5. The zero-order valence-electron chi connectivity index (χ0n) is 17.3. The van der Waals surface area contributed by atoms with Crippen LogP contribution in [-0.2, 0) is 20.6 Å². The molecule has 0 aromatic heterocycles. The van der Waals surface area contributed by atoms with Gasteiger partial charge in [-0.05, 0) is 55.2 Å². The van der Waals surface area contributed by atoms with E-state index in [9.17, 15) is 13.2 Å². The number of ether oxygens (including phenoxy) is 1. The Morgan fingerprint density at radius 2 is 1.90 bits per heavy atom. The van der Waals surface area contributed by atoms with Crippen LogP contribution in [0.25, 0.3) is 0 Å². The van der Waals surface area contributed by atoms with Gasteiger partial charge in [0.1, 0.15) is 12.4 Å². The molecule has 2 aromatic carbocycles. The van der Waals surface area contributed by atoms with Gasteiger partial charge < -0.3 is 10.1 Å². The van der Waals surface area contributed by atoms with Gasteiger partial charge in [0.25, 0.3) is 0 Å². The van der Waals surface area contributed by atoms with Crippen molar-refractivity contribution < 1.29 is 17.9 Å². The molecule has 0 atom stereocenters. The zero-order chi connectivity index (χ0) is 22.4. The number of sulfonamides is 1. The van der Waals surface area contributed by atoms with Crippen LogP contribution in [0.2, 0.25) is 10.0 Å². The van der Waals surface area contributed by atoms with Crippen molar-refractivity contribution in [2.45, 2.75) is 25.5 Å². The van der Waals surface area contributed by atoms with Crippen molar-refractivity contribution in [1.29, 1.82) is 0 Å². The van der Waals surface area contributed by atoms with E-state index in [1.54, 1.807) is 30.3 Å². The van der Waals surface area contributed by atoms with E-state index in [-0.39, 0.29) is 17.6 Å². The molecule has 1 fully saturated rings. The maximum absolute atomic E-state index is 12.7. The Morgan fingerprint density at radius 1 is 1.16 bits per heavy atom. The molecule has 2 aromatic rings. The van der Waals surface area contributed by atoms with Crippen molar-refractivity contribution in [3.05, 3.63) is 63.6 Å². The van der Waals surface area contributed by atoms with Crippen molar-refractivity contribution >= 4 is 39.1 Å². The molecule has 1 heterocycles. The predicted molar refractivity (Wildman–Crippen MR) is 123 cm³/mol. The topological polar surface area (TPSA) is 75.7 Å². The summed E-state index contributed by atoms with van der Waals surface area (Å²) in [4.78, 5) is 12.4. The first-order chi connectivity index (χ1) is 14.7. The third kappa shape index (κ3) is 6.84. The number of hydrogen-bond acceptors (Lipinski definition) is 4. The van der Waals surface area contributed by atoms with Crippen molar-refractivity contribution in [2.24, 2.45) is 5.92 Å². The highest BCUT2D eigenvalue weighted by molar-refractivity contribution is 7.88. The molecule has 6 nitrogen and oxygen atoms in total. The number of carbonyl (C=O) groups is 1. The van der Waals surface area contributed by atoms with Crippen LogP contribution in [0.1, 0.15) is 24.0 Å². The van der Waals surface area contributed by atoms with E-state index < -0.39 is 10.0 Å². The van der Waals surface area contributed by atoms with Crippen LogP contribution in [-0.4, -0.2) is 44.9 Å². The standard InChI is InChI=1S/C22H26Cl2N2O4S/c1-16-5-6-20(14-21(16)24)30-12-9-25-22(27)18-7-10-26(11-8-18)31(28,29)15-17-3-2-4-19(23)13-17/h2-6,13-14,18H,7-12,15H2,1H3,(H,25,27). The van der Waals surface area contributed by atoms with E-state index >= 15 is 0 Å². The van der Waals surface area contributed by atoms with Crippen LogP contribution in [0.5, 0.6) is 5.75 Å². The summed E-state index contributed by atoms with van der Waals surface area (Å²) in [6.07, 6.45) is 0.990. The Kier molecular flexibility index (Phi) is 8.22. The first-order valence-electron chi connectivity index (χ1n) is 10.1. The summed E-state index contributed by atoms with van der Waals surface area (Å²) < 4.78 is 32.4. The van der Waals surface area contributed by atoms with Crippen molar-refractivity contribution in [2.75, 3.05) is 26.2 Å². The van der Waals surface area contributed by atoms with Crippen LogP contribution in [0.4, 0.5) is 0 Å². The fourth-order valence-electron chi connectivity index (χ4n) is 3.48. The Morgan fingerprint density at radius 3 is 2.58 bits per heavy atom. The molecule has 31 heavy (non-hydrogen) atoms. The van der Waals surface area contributed by atoms with E-state index in [2.05, 4.69) is 5.32 Å². The van der Waals surface area contributed by atoms with E-state index in [1.807, 2.05) is 19.1 Å². The predicted octanol–water partition coefficient (Wildman–Crippen LogP) is 4.04. The summed E-state index contributed by atoms with van der Waals surface area (Å²) in [7, 11) is -3.45. The van der Waals surface area contributed by atoms with Gasteiger partial charge in [0.05, 0.1) is 12.3 Å². The number of nitrogens with zero attached hydrogens (tertiary/aromatic N) is 1. The summed E-state index contributed by atoms with van der Waals surface area (Å²) in [5.41, 5.74) is 1.63. The SMILES string of the molecule is Cc1ccc(OCCNC(=O)C2CCN(S(=O)(=O)Cc3cccc(Cl)c3)CC2)cc1Cl. The second-order valence-electron chi connectivity index (χ2n) is 7.61. The summed E-state index contributed by atoms with van der Waals surface area (Å²) in [6.45, 7) is 3.29. The Balaban J connectivity index is 1.41. The van der Waals surface area contributed by atoms with Gasteiger partial charge in [0.15, 0.2) is 0 Å². The fourth-order valence-corrected chi connectivity index (χ4v) is 5.41. The lowest BCUT2D eigenvalue weighted by Gasteiger charge is -2.30. The minimum absolute atomic E-state index is 0.0718. The molecule has 0 bridgehead atoms. The molecular weight excluding hydrogens is 459 g/mol. The fraction of sp³-hybridized carbons (Fsp3) is 0.409. The van der Waals surface area contributed by atoms with Crippen molar-refractivity contribution in [3.63, 3.8) is 0 Å². The number of aryl methyl sites for hydroxylation is 1. The lowest BCUT2D eigenvalue weighted by Crippen LogP contribution is -2.43. The van der Waals surface area contributed by atoms with Gasteiger partial charge >= 0.3 is 0 Å². The molecule has 1 N–H and O–H groups in total. The highest BCUT2D eigenvalue weighted by atomic mass is 35.5. The lowest BCUT2D eigenvalue weighted by molar-refractivity contribution is -0.126. The molecule has 1 saturated heterocycles. The van der Waals surface area contributed by atoms with E-state index in [1.165, 1.54) is 4.31 Å². The largest absolute Gasteiger partial charge is 0.492 e. The third-order valence-electron chi connectivity index (χ3n) is 5.27. The smallest absolute Gasteiger partial charge is 0.223 e. The number of hydrogen-bond donors (Lipinski definition) is 1. The minimum Gasteiger partial charge on any atom is -0.492 e. The van der Waals surface area contributed by atoms with Gasteiger partial charge in [-0.1, -0.05) is 41.4 Å². The van der Waals surface area contributed by atoms with Gasteiger partial charge in [-0.15, -0.1) is 0 Å². The Bertz CT molecular complexity index is 1020. The highest BCUT2D eigenvalue weighted by Crippen LogP contribution is 2.23. The second kappa shape index (κ2) is 10.7. The van der Waals surface area contributed by atoms with Crippen molar-refractivity contribution in [1.82, 2.24) is 9.62 Å². The normalized spacial score (nSPS) is 15.6. The molecule has 0 radical (unpaired) electrons. The van der Waals surface area contributed by atoms with Crippen LogP contribution in [0, 0.1) is 12.8 Å². The van der Waals surface area contributed by atoms with Gasteiger partial charge in [-0.3, -0.25) is 4.79 Å². The van der Waals surface area contributed by atoms with E-state index in [0.717, 1.165) is 5.56 Å². The number of benzene rings is 2. The van der Waals surface area contributed by atoms with Crippen LogP contribution >= 0.6 is 23.2 Å². The van der Waals surface area contributed by atoms with Crippen LogP contribution in [0.3, 0.4) is 0 Å². The third-order valence-corrected chi connectivity index (χ3v) is 7.76. The first kappa shape index (κ1) is 23.9. The molecule has 3 rings (SSSR count). The maximum atomic E-state index is 12.7. The monoisotopic (exact) mass is 484 g/mol. The maximum Gasteiger partial charge on any atom is 0.223 e. The number of halogens is 2. The van der Waals surface area contributed by atoms with Gasteiger partial charge in [-0.2, -0.15) is 0 Å². The summed E-state index contributed by atoms with van der Waals surface area (Å²) >= 11 is 12.0. The minimum atomic E-state index is -3.45. The molecule has 0 saturated carbocycles. The molecule has 0 unspecified atom stereocenters. The molecule has 9 heteroatoms.